The molecule has 2 nitrogen and oxygen atoms in total. The number of nitrogens with zero attached hydrogens (tertiary/aromatic N) is 1. The second-order valence-electron chi connectivity index (χ2n) is 4.47. The average molecular weight is 244 g/mol. The highest BCUT2D eigenvalue weighted by molar-refractivity contribution is 5.29. The van der Waals surface area contributed by atoms with Crippen molar-refractivity contribution in [3.05, 3.63) is 65.2 Å². The summed E-state index contributed by atoms with van der Waals surface area (Å²) in [6.45, 7) is 1.95. The smallest absolute Gasteiger partial charge is 0.123 e. The highest BCUT2D eigenvalue weighted by Gasteiger charge is 2.10. The quantitative estimate of drug-likeness (QED) is 0.897. The van der Waals surface area contributed by atoms with Crippen molar-refractivity contribution >= 4 is 0 Å². The van der Waals surface area contributed by atoms with E-state index in [1.807, 2.05) is 25.1 Å². The van der Waals surface area contributed by atoms with E-state index in [1.165, 1.54) is 12.1 Å². The van der Waals surface area contributed by atoms with Gasteiger partial charge in [0.2, 0.25) is 0 Å². The zero-order chi connectivity index (χ0) is 13.0. The van der Waals surface area contributed by atoms with E-state index >= 15 is 0 Å². The molecule has 0 radical (unpaired) electrons. The van der Waals surface area contributed by atoms with Crippen LogP contribution in [-0.4, -0.2) is 4.98 Å². The van der Waals surface area contributed by atoms with Gasteiger partial charge in [0.05, 0.1) is 0 Å². The van der Waals surface area contributed by atoms with Crippen molar-refractivity contribution in [3.8, 4) is 0 Å². The minimum Gasteiger partial charge on any atom is -0.324 e. The number of nitrogens with two attached hydrogens (primary N) is 1. The Morgan fingerprint density at radius 1 is 1.28 bits per heavy atom. The van der Waals surface area contributed by atoms with Crippen molar-refractivity contribution in [1.82, 2.24) is 4.98 Å². The van der Waals surface area contributed by atoms with Gasteiger partial charge in [-0.1, -0.05) is 12.1 Å². The van der Waals surface area contributed by atoms with E-state index in [2.05, 4.69) is 4.98 Å². The topological polar surface area (TPSA) is 38.9 Å². The molecule has 0 aliphatic carbocycles. The van der Waals surface area contributed by atoms with E-state index in [-0.39, 0.29) is 11.9 Å². The number of pyridine rings is 1. The number of aromatic nitrogens is 1. The Hall–Kier alpha value is -1.74. The van der Waals surface area contributed by atoms with Gasteiger partial charge in [-0.2, -0.15) is 0 Å². The fourth-order valence-corrected chi connectivity index (χ4v) is 2.02. The molecule has 0 fully saturated rings. The highest BCUT2D eigenvalue weighted by atomic mass is 19.1. The Kier molecular flexibility index (Phi) is 4.05. The molecule has 1 atom stereocenters. The summed E-state index contributed by atoms with van der Waals surface area (Å²) in [6.07, 6.45) is 3.34. The molecule has 1 heterocycles. The first-order chi connectivity index (χ1) is 8.66. The summed E-state index contributed by atoms with van der Waals surface area (Å²) < 4.78 is 13.2. The van der Waals surface area contributed by atoms with Gasteiger partial charge >= 0.3 is 0 Å². The van der Waals surface area contributed by atoms with Crippen LogP contribution in [0.1, 0.15) is 29.3 Å². The summed E-state index contributed by atoms with van der Waals surface area (Å²) in [4.78, 5) is 4.25. The lowest BCUT2D eigenvalue weighted by atomic mass is 9.97. The predicted molar refractivity (Wildman–Crippen MR) is 70.6 cm³/mol. The third-order valence-electron chi connectivity index (χ3n) is 3.08. The van der Waals surface area contributed by atoms with E-state index < -0.39 is 0 Å². The van der Waals surface area contributed by atoms with Crippen molar-refractivity contribution in [3.63, 3.8) is 0 Å². The zero-order valence-corrected chi connectivity index (χ0v) is 10.4. The van der Waals surface area contributed by atoms with Crippen LogP contribution in [0.15, 0.2) is 42.6 Å². The lowest BCUT2D eigenvalue weighted by Crippen LogP contribution is -2.13. The number of halogens is 1. The van der Waals surface area contributed by atoms with Gasteiger partial charge in [-0.25, -0.2) is 4.39 Å². The Morgan fingerprint density at radius 2 is 2.11 bits per heavy atom. The van der Waals surface area contributed by atoms with Crippen LogP contribution in [0.5, 0.6) is 0 Å². The first-order valence-corrected chi connectivity index (χ1v) is 6.08. The van der Waals surface area contributed by atoms with Crippen LogP contribution in [0.25, 0.3) is 0 Å². The van der Waals surface area contributed by atoms with Crippen molar-refractivity contribution in [2.24, 2.45) is 5.73 Å². The van der Waals surface area contributed by atoms with Crippen LogP contribution >= 0.6 is 0 Å². The maximum absolute atomic E-state index is 13.2. The Labute approximate surface area is 107 Å². The molecule has 0 bridgehead atoms. The lowest BCUT2D eigenvalue weighted by Gasteiger charge is -2.14. The summed E-state index contributed by atoms with van der Waals surface area (Å²) in [5, 5.41) is 0. The molecule has 1 aromatic heterocycles. The number of hydrogen-bond donors (Lipinski definition) is 1. The van der Waals surface area contributed by atoms with E-state index in [0.29, 0.717) is 0 Å². The Morgan fingerprint density at radius 3 is 2.83 bits per heavy atom. The maximum Gasteiger partial charge on any atom is 0.123 e. The van der Waals surface area contributed by atoms with Gasteiger partial charge in [-0.15, -0.1) is 0 Å². The van der Waals surface area contributed by atoms with Gasteiger partial charge in [0.25, 0.3) is 0 Å². The zero-order valence-electron chi connectivity index (χ0n) is 10.4. The Balaban J connectivity index is 2.03. The standard InChI is InChI=1S/C15H17FN2/c1-11-5-6-12(16)10-14(11)15(17)8-7-13-4-2-3-9-18-13/h2-6,9-10,15H,7-8,17H2,1H3. The minimum absolute atomic E-state index is 0.150. The van der Waals surface area contributed by atoms with Crippen molar-refractivity contribution < 1.29 is 4.39 Å². The monoisotopic (exact) mass is 244 g/mol. The minimum atomic E-state index is -0.233. The summed E-state index contributed by atoms with van der Waals surface area (Å²) in [6, 6.07) is 10.4. The molecule has 0 saturated heterocycles. The molecule has 1 aromatic carbocycles. The molecular weight excluding hydrogens is 227 g/mol. The van der Waals surface area contributed by atoms with Gasteiger partial charge < -0.3 is 5.73 Å². The molecule has 2 N–H and O–H groups in total. The third-order valence-corrected chi connectivity index (χ3v) is 3.08. The van der Waals surface area contributed by atoms with Crippen LogP contribution in [0.4, 0.5) is 4.39 Å². The largest absolute Gasteiger partial charge is 0.324 e. The molecule has 2 aromatic rings. The first-order valence-electron chi connectivity index (χ1n) is 6.08. The second kappa shape index (κ2) is 5.74. The molecule has 3 heteroatoms. The van der Waals surface area contributed by atoms with E-state index in [1.54, 1.807) is 12.3 Å². The van der Waals surface area contributed by atoms with E-state index in [0.717, 1.165) is 29.7 Å². The average Bonchev–Trinajstić information content (AvgIpc) is 2.40. The summed E-state index contributed by atoms with van der Waals surface area (Å²) >= 11 is 0. The molecule has 0 aliphatic rings. The SMILES string of the molecule is Cc1ccc(F)cc1C(N)CCc1ccccn1. The molecule has 0 aliphatic heterocycles. The third kappa shape index (κ3) is 3.14. The molecule has 0 spiro atoms. The first kappa shape index (κ1) is 12.7. The molecule has 1 unspecified atom stereocenters. The number of aryl methyl sites for hydroxylation is 2. The molecule has 0 saturated carbocycles. The van der Waals surface area contributed by atoms with Crippen LogP contribution in [0, 0.1) is 12.7 Å². The van der Waals surface area contributed by atoms with Gasteiger partial charge in [-0.3, -0.25) is 4.98 Å². The van der Waals surface area contributed by atoms with Gasteiger partial charge in [-0.05, 0) is 55.2 Å². The van der Waals surface area contributed by atoms with Crippen molar-refractivity contribution in [2.45, 2.75) is 25.8 Å². The second-order valence-corrected chi connectivity index (χ2v) is 4.47. The van der Waals surface area contributed by atoms with Crippen LogP contribution < -0.4 is 5.73 Å². The number of hydrogen-bond acceptors (Lipinski definition) is 2. The maximum atomic E-state index is 13.2. The summed E-state index contributed by atoms with van der Waals surface area (Å²) in [5.74, 6) is -0.233. The molecule has 18 heavy (non-hydrogen) atoms. The van der Waals surface area contributed by atoms with Crippen LogP contribution in [0.3, 0.4) is 0 Å². The van der Waals surface area contributed by atoms with Gasteiger partial charge in [0.15, 0.2) is 0 Å². The molecule has 94 valence electrons. The fraction of sp³-hybridized carbons (Fsp3) is 0.267. The lowest BCUT2D eigenvalue weighted by molar-refractivity contribution is 0.605. The predicted octanol–water partition coefficient (Wildman–Crippen LogP) is 3.16. The highest BCUT2D eigenvalue weighted by Crippen LogP contribution is 2.20. The molecule has 0 amide bonds. The molecule has 2 rings (SSSR count). The van der Waals surface area contributed by atoms with Crippen molar-refractivity contribution in [2.75, 3.05) is 0 Å². The summed E-state index contributed by atoms with van der Waals surface area (Å²) in [7, 11) is 0. The van der Waals surface area contributed by atoms with Crippen LogP contribution in [0.2, 0.25) is 0 Å². The van der Waals surface area contributed by atoms with E-state index in [9.17, 15) is 4.39 Å². The van der Waals surface area contributed by atoms with Crippen LogP contribution in [-0.2, 0) is 6.42 Å². The van der Waals surface area contributed by atoms with Gasteiger partial charge in [0, 0.05) is 17.9 Å². The molecular formula is C15H17FN2. The fourth-order valence-electron chi connectivity index (χ4n) is 2.02. The summed E-state index contributed by atoms with van der Waals surface area (Å²) in [5.41, 5.74) is 9.05. The van der Waals surface area contributed by atoms with Crippen molar-refractivity contribution in [1.29, 1.82) is 0 Å². The van der Waals surface area contributed by atoms with Gasteiger partial charge in [0.1, 0.15) is 5.82 Å². The number of benzene rings is 1. The normalized spacial score (nSPS) is 12.4. The number of rotatable bonds is 4. The van der Waals surface area contributed by atoms with E-state index in [4.69, 9.17) is 5.73 Å². The Bertz CT molecular complexity index is 511.